The second-order valence-electron chi connectivity index (χ2n) is 5.05. The topological polar surface area (TPSA) is 57.6 Å². The maximum atomic E-state index is 12.5. The van der Waals surface area contributed by atoms with E-state index in [1.165, 1.54) is 0 Å². The number of carboxylic acids is 1. The summed E-state index contributed by atoms with van der Waals surface area (Å²) < 4.78 is 0.969. The van der Waals surface area contributed by atoms with Gasteiger partial charge < -0.3 is 10.0 Å². The summed E-state index contributed by atoms with van der Waals surface area (Å²) in [6.45, 7) is 6.26. The molecule has 1 amide bonds. The number of nitrogens with zero attached hydrogens (tertiary/aromatic N) is 1. The quantitative estimate of drug-likeness (QED) is 0.861. The first-order valence-electron chi connectivity index (χ1n) is 6.62. The molecule has 0 aliphatic heterocycles. The van der Waals surface area contributed by atoms with Crippen molar-refractivity contribution in [2.75, 3.05) is 6.54 Å². The van der Waals surface area contributed by atoms with Crippen LogP contribution in [-0.4, -0.2) is 34.5 Å². The van der Waals surface area contributed by atoms with E-state index in [2.05, 4.69) is 15.9 Å². The zero-order chi connectivity index (χ0) is 15.3. The maximum Gasteiger partial charge on any atom is 0.303 e. The molecule has 0 spiro atoms. The van der Waals surface area contributed by atoms with E-state index in [1.807, 2.05) is 32.9 Å². The van der Waals surface area contributed by atoms with E-state index in [4.69, 9.17) is 5.11 Å². The third-order valence-corrected chi connectivity index (χ3v) is 3.97. The third kappa shape index (κ3) is 4.63. The van der Waals surface area contributed by atoms with Crippen molar-refractivity contribution in [2.45, 2.75) is 39.7 Å². The zero-order valence-corrected chi connectivity index (χ0v) is 13.6. The number of amides is 1. The van der Waals surface area contributed by atoms with Gasteiger partial charge in [-0.2, -0.15) is 0 Å². The first kappa shape index (κ1) is 16.7. The molecule has 0 bridgehead atoms. The van der Waals surface area contributed by atoms with Crippen molar-refractivity contribution in [1.29, 1.82) is 0 Å². The van der Waals surface area contributed by atoms with Gasteiger partial charge in [0.25, 0.3) is 5.91 Å². The van der Waals surface area contributed by atoms with Crippen LogP contribution in [0.1, 0.15) is 42.6 Å². The fourth-order valence-corrected chi connectivity index (χ4v) is 2.19. The van der Waals surface area contributed by atoms with Crippen LogP contribution >= 0.6 is 15.9 Å². The number of halogens is 1. The molecular formula is C15H20BrNO3. The summed E-state index contributed by atoms with van der Waals surface area (Å²) in [6.07, 6.45) is 0.546. The molecule has 0 aliphatic carbocycles. The SMILES string of the molecule is Cc1cc(C(=O)N(CCCC(=O)O)C(C)C)ccc1Br. The van der Waals surface area contributed by atoms with Crippen LogP contribution in [0.3, 0.4) is 0 Å². The molecular weight excluding hydrogens is 322 g/mol. The van der Waals surface area contributed by atoms with Crippen LogP contribution < -0.4 is 0 Å². The van der Waals surface area contributed by atoms with Crippen molar-refractivity contribution in [3.63, 3.8) is 0 Å². The molecule has 20 heavy (non-hydrogen) atoms. The second-order valence-corrected chi connectivity index (χ2v) is 5.91. The van der Waals surface area contributed by atoms with E-state index in [0.717, 1.165) is 10.0 Å². The Labute approximate surface area is 127 Å². The van der Waals surface area contributed by atoms with Crippen LogP contribution in [0.4, 0.5) is 0 Å². The normalized spacial score (nSPS) is 10.7. The standard InChI is InChI=1S/C15H20BrNO3/c1-10(2)17(8-4-5-14(18)19)15(20)12-6-7-13(16)11(3)9-12/h6-7,9-10H,4-5,8H2,1-3H3,(H,18,19). The molecule has 110 valence electrons. The molecule has 0 heterocycles. The number of benzene rings is 1. The fourth-order valence-electron chi connectivity index (χ4n) is 1.94. The smallest absolute Gasteiger partial charge is 0.303 e. The van der Waals surface area contributed by atoms with Gasteiger partial charge in [-0.1, -0.05) is 15.9 Å². The summed E-state index contributed by atoms with van der Waals surface area (Å²) in [7, 11) is 0. The molecule has 0 aliphatic rings. The van der Waals surface area contributed by atoms with Crippen LogP contribution in [-0.2, 0) is 4.79 Å². The number of aliphatic carboxylic acids is 1. The molecule has 0 atom stereocenters. The van der Waals surface area contributed by atoms with Gasteiger partial charge in [0, 0.05) is 29.0 Å². The van der Waals surface area contributed by atoms with E-state index < -0.39 is 5.97 Å². The highest BCUT2D eigenvalue weighted by Gasteiger charge is 2.19. The van der Waals surface area contributed by atoms with Gasteiger partial charge in [-0.15, -0.1) is 0 Å². The monoisotopic (exact) mass is 341 g/mol. The van der Waals surface area contributed by atoms with Gasteiger partial charge in [0.05, 0.1) is 0 Å². The highest BCUT2D eigenvalue weighted by molar-refractivity contribution is 9.10. The average Bonchev–Trinajstić information content (AvgIpc) is 2.36. The van der Waals surface area contributed by atoms with Gasteiger partial charge in [-0.25, -0.2) is 0 Å². The molecule has 0 saturated carbocycles. The zero-order valence-electron chi connectivity index (χ0n) is 12.0. The Morgan fingerprint density at radius 3 is 2.50 bits per heavy atom. The van der Waals surface area contributed by atoms with Crippen LogP contribution in [0.15, 0.2) is 22.7 Å². The molecule has 0 radical (unpaired) electrons. The van der Waals surface area contributed by atoms with Gasteiger partial charge in [0.2, 0.25) is 0 Å². The van der Waals surface area contributed by atoms with Crippen molar-refractivity contribution in [3.8, 4) is 0 Å². The molecule has 1 rings (SSSR count). The van der Waals surface area contributed by atoms with E-state index >= 15 is 0 Å². The lowest BCUT2D eigenvalue weighted by Gasteiger charge is -2.27. The Bertz CT molecular complexity index is 500. The lowest BCUT2D eigenvalue weighted by Crippen LogP contribution is -2.38. The van der Waals surface area contributed by atoms with Crippen molar-refractivity contribution in [2.24, 2.45) is 0 Å². The molecule has 1 N–H and O–H groups in total. The minimum Gasteiger partial charge on any atom is -0.481 e. The molecule has 4 nitrogen and oxygen atoms in total. The van der Waals surface area contributed by atoms with Crippen molar-refractivity contribution >= 4 is 27.8 Å². The summed E-state index contributed by atoms with van der Waals surface area (Å²) in [5.41, 5.74) is 1.64. The van der Waals surface area contributed by atoms with Gasteiger partial charge in [0.15, 0.2) is 0 Å². The van der Waals surface area contributed by atoms with E-state index in [1.54, 1.807) is 11.0 Å². The molecule has 0 aromatic heterocycles. The van der Waals surface area contributed by atoms with Crippen LogP contribution in [0.2, 0.25) is 0 Å². The number of carbonyl (C=O) groups excluding carboxylic acids is 1. The lowest BCUT2D eigenvalue weighted by molar-refractivity contribution is -0.137. The molecule has 5 heteroatoms. The Morgan fingerprint density at radius 2 is 2.00 bits per heavy atom. The lowest BCUT2D eigenvalue weighted by atomic mass is 10.1. The maximum absolute atomic E-state index is 12.5. The van der Waals surface area contributed by atoms with E-state index in [9.17, 15) is 9.59 Å². The summed E-state index contributed by atoms with van der Waals surface area (Å²) in [5.74, 6) is -0.887. The Hall–Kier alpha value is -1.36. The minimum absolute atomic E-state index is 0.0419. The van der Waals surface area contributed by atoms with Crippen molar-refractivity contribution < 1.29 is 14.7 Å². The van der Waals surface area contributed by atoms with Gasteiger partial charge in [-0.05, 0) is 51.0 Å². The number of aryl methyl sites for hydroxylation is 1. The number of hydrogen-bond donors (Lipinski definition) is 1. The number of carboxylic acid groups (broad SMARTS) is 1. The van der Waals surface area contributed by atoms with E-state index in [0.29, 0.717) is 18.5 Å². The minimum atomic E-state index is -0.833. The molecule has 0 fully saturated rings. The molecule has 0 unspecified atom stereocenters. The summed E-state index contributed by atoms with van der Waals surface area (Å²) >= 11 is 3.41. The molecule has 1 aromatic rings. The van der Waals surface area contributed by atoms with Crippen LogP contribution in [0.5, 0.6) is 0 Å². The number of hydrogen-bond acceptors (Lipinski definition) is 2. The van der Waals surface area contributed by atoms with E-state index in [-0.39, 0.29) is 18.4 Å². The Balaban J connectivity index is 2.82. The van der Waals surface area contributed by atoms with Crippen molar-refractivity contribution in [3.05, 3.63) is 33.8 Å². The van der Waals surface area contributed by atoms with Crippen molar-refractivity contribution in [1.82, 2.24) is 4.90 Å². The summed E-state index contributed by atoms with van der Waals surface area (Å²) in [6, 6.07) is 5.53. The predicted molar refractivity (Wildman–Crippen MR) is 81.9 cm³/mol. The summed E-state index contributed by atoms with van der Waals surface area (Å²) in [4.78, 5) is 24.8. The number of rotatable bonds is 6. The van der Waals surface area contributed by atoms with Crippen LogP contribution in [0, 0.1) is 6.92 Å². The number of carbonyl (C=O) groups is 2. The second kappa shape index (κ2) is 7.43. The third-order valence-electron chi connectivity index (χ3n) is 3.08. The largest absolute Gasteiger partial charge is 0.481 e. The van der Waals surface area contributed by atoms with Gasteiger partial charge in [0.1, 0.15) is 0 Å². The first-order valence-corrected chi connectivity index (χ1v) is 7.41. The van der Waals surface area contributed by atoms with Gasteiger partial charge in [-0.3, -0.25) is 9.59 Å². The highest BCUT2D eigenvalue weighted by atomic mass is 79.9. The first-order chi connectivity index (χ1) is 9.32. The van der Waals surface area contributed by atoms with Gasteiger partial charge >= 0.3 is 5.97 Å². The molecule has 0 saturated heterocycles. The average molecular weight is 342 g/mol. The molecule has 1 aromatic carbocycles. The van der Waals surface area contributed by atoms with Crippen LogP contribution in [0.25, 0.3) is 0 Å². The Morgan fingerprint density at radius 1 is 1.35 bits per heavy atom. The Kier molecular flexibility index (Phi) is 6.20. The highest BCUT2D eigenvalue weighted by Crippen LogP contribution is 2.19. The fraction of sp³-hybridized carbons (Fsp3) is 0.467. The summed E-state index contributed by atoms with van der Waals surface area (Å²) in [5, 5.41) is 8.68. The predicted octanol–water partition coefficient (Wildman–Crippen LogP) is 3.47.